The van der Waals surface area contributed by atoms with Crippen molar-refractivity contribution in [2.75, 3.05) is 35.8 Å². The van der Waals surface area contributed by atoms with Crippen molar-refractivity contribution < 1.29 is 4.79 Å². The number of hydrogen-bond acceptors (Lipinski definition) is 6. The highest BCUT2D eigenvalue weighted by Crippen LogP contribution is 2.32. The van der Waals surface area contributed by atoms with Gasteiger partial charge in [0.25, 0.3) is 11.5 Å². The Balaban J connectivity index is 1.67. The maximum atomic E-state index is 13.7. The molecule has 0 bridgehead atoms. The number of fused-ring (bicyclic) bond motifs is 1. The molecular weight excluding hydrogens is 392 g/mol. The van der Waals surface area contributed by atoms with E-state index in [0.29, 0.717) is 23.9 Å². The lowest BCUT2D eigenvalue weighted by molar-refractivity contribution is -0.116. The summed E-state index contributed by atoms with van der Waals surface area (Å²) in [6, 6.07) is 10.0. The first-order valence-electron chi connectivity index (χ1n) is 10.8. The Labute approximate surface area is 182 Å². The lowest BCUT2D eigenvalue weighted by Crippen LogP contribution is -2.54. The van der Waals surface area contributed by atoms with Gasteiger partial charge in [0, 0.05) is 45.0 Å². The zero-order chi connectivity index (χ0) is 22.1. The van der Waals surface area contributed by atoms with E-state index < -0.39 is 0 Å². The molecule has 2 atom stereocenters. The SMILES string of the molecule is C[C@@H]1Nc2nc(N(C)C)[nH]c(=O)c2N(C(=O)C2=CN(Cc3ccccc3)CCC2)[C@H]1C. The quantitative estimate of drug-likeness (QED) is 0.788. The molecule has 1 amide bonds. The first kappa shape index (κ1) is 21.0. The van der Waals surface area contributed by atoms with Gasteiger partial charge in [-0.15, -0.1) is 0 Å². The Hall–Kier alpha value is -3.29. The van der Waals surface area contributed by atoms with Crippen LogP contribution in [-0.4, -0.2) is 53.5 Å². The van der Waals surface area contributed by atoms with Crippen molar-refractivity contribution in [3.63, 3.8) is 0 Å². The number of carbonyl (C=O) groups is 1. The predicted octanol–water partition coefficient (Wildman–Crippen LogP) is 2.55. The second kappa shape index (κ2) is 8.45. The first-order chi connectivity index (χ1) is 14.8. The van der Waals surface area contributed by atoms with Gasteiger partial charge in [0.05, 0.1) is 6.04 Å². The van der Waals surface area contributed by atoms with Gasteiger partial charge in [-0.2, -0.15) is 4.98 Å². The van der Waals surface area contributed by atoms with E-state index in [4.69, 9.17) is 0 Å². The summed E-state index contributed by atoms with van der Waals surface area (Å²) in [6.45, 7) is 5.63. The number of aromatic amines is 1. The van der Waals surface area contributed by atoms with E-state index in [-0.39, 0.29) is 23.6 Å². The van der Waals surface area contributed by atoms with Gasteiger partial charge in [0.1, 0.15) is 0 Å². The van der Waals surface area contributed by atoms with Crippen LogP contribution in [0.15, 0.2) is 46.9 Å². The number of rotatable bonds is 4. The summed E-state index contributed by atoms with van der Waals surface area (Å²) < 4.78 is 0. The van der Waals surface area contributed by atoms with E-state index in [0.717, 1.165) is 25.1 Å². The molecule has 0 spiro atoms. The Kier molecular flexibility index (Phi) is 5.71. The second-order valence-corrected chi connectivity index (χ2v) is 8.54. The Morgan fingerprint density at radius 1 is 1.23 bits per heavy atom. The smallest absolute Gasteiger partial charge is 0.278 e. The average Bonchev–Trinajstić information content (AvgIpc) is 2.75. The summed E-state index contributed by atoms with van der Waals surface area (Å²) in [5, 5.41) is 3.29. The molecule has 2 aliphatic rings. The number of hydrogen-bond donors (Lipinski definition) is 2. The molecule has 8 nitrogen and oxygen atoms in total. The van der Waals surface area contributed by atoms with Crippen LogP contribution >= 0.6 is 0 Å². The molecule has 0 saturated carbocycles. The van der Waals surface area contributed by atoms with Crippen LogP contribution in [0.3, 0.4) is 0 Å². The predicted molar refractivity (Wildman–Crippen MR) is 123 cm³/mol. The van der Waals surface area contributed by atoms with Gasteiger partial charge in [0.2, 0.25) is 5.95 Å². The number of H-pyrrole nitrogens is 1. The first-order valence-corrected chi connectivity index (χ1v) is 10.8. The molecule has 164 valence electrons. The normalized spacial score (nSPS) is 20.6. The molecule has 3 heterocycles. The number of aromatic nitrogens is 2. The van der Waals surface area contributed by atoms with Gasteiger partial charge in [-0.1, -0.05) is 30.3 Å². The Bertz CT molecular complexity index is 1050. The van der Waals surface area contributed by atoms with Gasteiger partial charge in [-0.3, -0.25) is 19.5 Å². The van der Waals surface area contributed by atoms with Crippen molar-refractivity contribution >= 4 is 23.4 Å². The molecule has 2 N–H and O–H groups in total. The maximum absolute atomic E-state index is 13.7. The fraction of sp³-hybridized carbons (Fsp3) is 0.435. The minimum absolute atomic E-state index is 0.0367. The second-order valence-electron chi connectivity index (χ2n) is 8.54. The highest BCUT2D eigenvalue weighted by atomic mass is 16.2. The number of carbonyl (C=O) groups excluding carboxylic acids is 1. The van der Waals surface area contributed by atoms with Gasteiger partial charge in [0.15, 0.2) is 11.5 Å². The fourth-order valence-corrected chi connectivity index (χ4v) is 4.12. The number of nitrogens with one attached hydrogen (secondary N) is 2. The average molecular weight is 423 g/mol. The van der Waals surface area contributed by atoms with Crippen molar-refractivity contribution in [1.29, 1.82) is 0 Å². The zero-order valence-electron chi connectivity index (χ0n) is 18.6. The molecule has 0 fully saturated rings. The Morgan fingerprint density at radius 3 is 2.68 bits per heavy atom. The van der Waals surface area contributed by atoms with Gasteiger partial charge in [-0.05, 0) is 32.3 Å². The lowest BCUT2D eigenvalue weighted by Gasteiger charge is -2.40. The third-order valence-electron chi connectivity index (χ3n) is 5.99. The third kappa shape index (κ3) is 4.15. The molecule has 0 radical (unpaired) electrons. The summed E-state index contributed by atoms with van der Waals surface area (Å²) >= 11 is 0. The molecule has 2 aromatic rings. The van der Waals surface area contributed by atoms with Crippen LogP contribution in [0.5, 0.6) is 0 Å². The van der Waals surface area contributed by atoms with Gasteiger partial charge >= 0.3 is 0 Å². The monoisotopic (exact) mass is 422 g/mol. The van der Waals surface area contributed by atoms with Crippen LogP contribution in [0.25, 0.3) is 0 Å². The molecule has 1 aromatic heterocycles. The molecule has 31 heavy (non-hydrogen) atoms. The summed E-state index contributed by atoms with van der Waals surface area (Å²) in [6.07, 6.45) is 3.57. The van der Waals surface area contributed by atoms with Crippen LogP contribution in [0.2, 0.25) is 0 Å². The van der Waals surface area contributed by atoms with Crippen LogP contribution in [-0.2, 0) is 11.3 Å². The number of amides is 1. The van der Waals surface area contributed by atoms with E-state index in [1.807, 2.05) is 52.3 Å². The van der Waals surface area contributed by atoms with Crippen LogP contribution < -0.4 is 20.7 Å². The summed E-state index contributed by atoms with van der Waals surface area (Å²) in [4.78, 5) is 39.5. The minimum atomic E-state index is -0.314. The summed E-state index contributed by atoms with van der Waals surface area (Å²) in [5.74, 6) is 0.782. The van der Waals surface area contributed by atoms with E-state index in [1.54, 1.807) is 9.80 Å². The lowest BCUT2D eigenvalue weighted by atomic mass is 10.0. The van der Waals surface area contributed by atoms with Crippen molar-refractivity contribution in [1.82, 2.24) is 14.9 Å². The third-order valence-corrected chi connectivity index (χ3v) is 5.99. The molecule has 1 aromatic carbocycles. The van der Waals surface area contributed by atoms with E-state index >= 15 is 0 Å². The Morgan fingerprint density at radius 2 is 1.97 bits per heavy atom. The molecule has 0 aliphatic carbocycles. The van der Waals surface area contributed by atoms with Crippen LogP contribution in [0.1, 0.15) is 32.3 Å². The molecule has 0 unspecified atom stereocenters. The molecule has 2 aliphatic heterocycles. The summed E-state index contributed by atoms with van der Waals surface area (Å²) in [5.41, 5.74) is 1.91. The van der Waals surface area contributed by atoms with Crippen LogP contribution in [0.4, 0.5) is 17.5 Å². The maximum Gasteiger partial charge on any atom is 0.278 e. The minimum Gasteiger partial charge on any atom is -0.373 e. The fourth-order valence-electron chi connectivity index (χ4n) is 4.12. The standard InChI is InChI=1S/C23H30N6O2/c1-15-16(2)29(19-20(24-15)25-23(27(3)4)26-21(19)30)22(31)18-11-8-12-28(14-18)13-17-9-6-5-7-10-17/h5-7,9-10,14-16H,8,11-13H2,1-4H3,(H2,24,25,26,30)/t15-,16-/m0/s1. The number of nitrogens with zero attached hydrogens (tertiary/aromatic N) is 4. The number of benzene rings is 1. The molecule has 0 saturated heterocycles. The molecular formula is C23H30N6O2. The summed E-state index contributed by atoms with van der Waals surface area (Å²) in [7, 11) is 3.63. The van der Waals surface area contributed by atoms with Gasteiger partial charge < -0.3 is 15.1 Å². The van der Waals surface area contributed by atoms with Crippen molar-refractivity contribution in [3.8, 4) is 0 Å². The largest absolute Gasteiger partial charge is 0.373 e. The van der Waals surface area contributed by atoms with Crippen molar-refractivity contribution in [2.24, 2.45) is 0 Å². The van der Waals surface area contributed by atoms with E-state index in [9.17, 15) is 9.59 Å². The molecule has 4 rings (SSSR count). The molecule has 8 heteroatoms. The van der Waals surface area contributed by atoms with E-state index in [1.165, 1.54) is 5.56 Å². The van der Waals surface area contributed by atoms with Crippen molar-refractivity contribution in [2.45, 2.75) is 45.3 Å². The van der Waals surface area contributed by atoms with Gasteiger partial charge in [-0.25, -0.2) is 0 Å². The highest BCUT2D eigenvalue weighted by molar-refractivity contribution is 6.08. The van der Waals surface area contributed by atoms with Crippen LogP contribution in [0, 0.1) is 0 Å². The van der Waals surface area contributed by atoms with Crippen molar-refractivity contribution in [3.05, 3.63) is 58.0 Å². The zero-order valence-corrected chi connectivity index (χ0v) is 18.6. The van der Waals surface area contributed by atoms with E-state index in [2.05, 4.69) is 32.3 Å². The number of anilines is 3. The topological polar surface area (TPSA) is 84.6 Å². The highest BCUT2D eigenvalue weighted by Gasteiger charge is 2.37.